The molecule has 1 fully saturated rings. The summed E-state index contributed by atoms with van der Waals surface area (Å²) < 4.78 is 46.9. The van der Waals surface area contributed by atoms with E-state index >= 15 is 0 Å². The summed E-state index contributed by atoms with van der Waals surface area (Å²) in [6, 6.07) is 16.5. The third-order valence-electron chi connectivity index (χ3n) is 5.13. The number of amides is 1. The van der Waals surface area contributed by atoms with Crippen molar-refractivity contribution < 1.29 is 32.2 Å². The van der Waals surface area contributed by atoms with Gasteiger partial charge in [0, 0.05) is 6.54 Å². The number of ether oxygens (including phenoxy) is 2. The third-order valence-corrected chi connectivity index (χ3v) is 5.13. The Morgan fingerprint density at radius 2 is 1.71 bits per heavy atom. The molecule has 1 amide bonds. The quantitative estimate of drug-likeness (QED) is 0.506. The van der Waals surface area contributed by atoms with Crippen molar-refractivity contribution >= 4 is 11.9 Å². The van der Waals surface area contributed by atoms with Gasteiger partial charge in [0.1, 0.15) is 12.4 Å². The van der Waals surface area contributed by atoms with Crippen molar-refractivity contribution in [1.82, 2.24) is 4.90 Å². The average molecular weight is 435 g/mol. The smallest absolute Gasteiger partial charge is 0.422 e. The Morgan fingerprint density at radius 1 is 1.03 bits per heavy atom. The number of esters is 1. The third kappa shape index (κ3) is 6.47. The molecule has 1 aliphatic heterocycles. The average Bonchev–Trinajstić information content (AvgIpc) is 2.76. The van der Waals surface area contributed by atoms with Crippen LogP contribution >= 0.6 is 0 Å². The first kappa shape index (κ1) is 22.7. The van der Waals surface area contributed by atoms with Crippen molar-refractivity contribution in [3.8, 4) is 5.75 Å². The highest BCUT2D eigenvalue weighted by Gasteiger charge is 2.37. The van der Waals surface area contributed by atoms with Crippen LogP contribution in [0.25, 0.3) is 0 Å². The van der Waals surface area contributed by atoms with E-state index in [0.29, 0.717) is 18.8 Å². The largest absolute Gasteiger partial charge is 0.489 e. The highest BCUT2D eigenvalue weighted by Crippen LogP contribution is 2.34. The molecule has 0 radical (unpaired) electrons. The van der Waals surface area contributed by atoms with E-state index in [9.17, 15) is 22.8 Å². The van der Waals surface area contributed by atoms with E-state index < -0.39 is 30.7 Å². The van der Waals surface area contributed by atoms with Crippen LogP contribution in [0.2, 0.25) is 0 Å². The van der Waals surface area contributed by atoms with Crippen LogP contribution in [0, 0.1) is 5.92 Å². The molecule has 1 saturated heterocycles. The molecule has 0 spiro atoms. The van der Waals surface area contributed by atoms with Gasteiger partial charge in [0.05, 0.1) is 6.04 Å². The van der Waals surface area contributed by atoms with Crippen LogP contribution in [0.4, 0.5) is 13.2 Å². The maximum absolute atomic E-state index is 12.5. The lowest BCUT2D eigenvalue weighted by Crippen LogP contribution is -2.45. The molecule has 0 N–H and O–H groups in total. The number of hydrogen-bond donors (Lipinski definition) is 0. The molecule has 0 bridgehead atoms. The van der Waals surface area contributed by atoms with Gasteiger partial charge in [-0.05, 0) is 42.0 Å². The van der Waals surface area contributed by atoms with E-state index in [0.717, 1.165) is 17.5 Å². The lowest BCUT2D eigenvalue weighted by molar-refractivity contribution is -0.190. The standard InChI is InChI=1S/C23H24F3NO4/c1-16-7-12-20(27(13-16)21(28)22(29)31-15-23(24,25)26)18-8-10-19(11-9-18)30-14-17-5-3-2-4-6-17/h2-6,8-11,16,20H,7,12-15H2,1H3. The zero-order valence-corrected chi connectivity index (χ0v) is 17.1. The van der Waals surface area contributed by atoms with Crippen LogP contribution in [-0.4, -0.2) is 36.1 Å². The monoisotopic (exact) mass is 435 g/mol. The first-order chi connectivity index (χ1) is 14.7. The Morgan fingerprint density at radius 3 is 2.35 bits per heavy atom. The van der Waals surface area contributed by atoms with Crippen LogP contribution in [0.1, 0.15) is 36.9 Å². The molecular formula is C23H24F3NO4. The summed E-state index contributed by atoms with van der Waals surface area (Å²) >= 11 is 0. The number of alkyl halides is 3. The van der Waals surface area contributed by atoms with Crippen molar-refractivity contribution in [1.29, 1.82) is 0 Å². The molecule has 2 unspecified atom stereocenters. The summed E-state index contributed by atoms with van der Waals surface area (Å²) in [6.45, 7) is 0.838. The summed E-state index contributed by atoms with van der Waals surface area (Å²) in [5.74, 6) is -1.76. The molecule has 2 atom stereocenters. The molecule has 1 aliphatic rings. The number of piperidine rings is 1. The van der Waals surface area contributed by atoms with Gasteiger partial charge in [0.25, 0.3) is 0 Å². The van der Waals surface area contributed by atoms with Crippen LogP contribution in [0.15, 0.2) is 54.6 Å². The number of halogens is 3. The number of nitrogens with zero attached hydrogens (tertiary/aromatic N) is 1. The second-order valence-corrected chi connectivity index (χ2v) is 7.69. The van der Waals surface area contributed by atoms with Gasteiger partial charge >= 0.3 is 18.1 Å². The second-order valence-electron chi connectivity index (χ2n) is 7.69. The second kappa shape index (κ2) is 9.85. The van der Waals surface area contributed by atoms with Gasteiger partial charge in [-0.3, -0.25) is 4.79 Å². The molecule has 3 rings (SSSR count). The van der Waals surface area contributed by atoms with Gasteiger partial charge in [-0.15, -0.1) is 0 Å². The summed E-state index contributed by atoms with van der Waals surface area (Å²) in [6.07, 6.45) is -3.25. The van der Waals surface area contributed by atoms with Crippen LogP contribution in [0.3, 0.4) is 0 Å². The molecule has 0 aromatic heterocycles. The highest BCUT2D eigenvalue weighted by molar-refractivity contribution is 6.32. The number of carbonyl (C=O) groups is 2. The molecule has 8 heteroatoms. The van der Waals surface area contributed by atoms with Crippen LogP contribution in [-0.2, 0) is 20.9 Å². The van der Waals surface area contributed by atoms with Crippen LogP contribution < -0.4 is 4.74 Å². The summed E-state index contributed by atoms with van der Waals surface area (Å²) in [7, 11) is 0. The Bertz CT molecular complexity index is 884. The molecular weight excluding hydrogens is 411 g/mol. The van der Waals surface area contributed by atoms with E-state index in [2.05, 4.69) is 4.74 Å². The lowest BCUT2D eigenvalue weighted by Gasteiger charge is -2.38. The van der Waals surface area contributed by atoms with Crippen molar-refractivity contribution in [3.63, 3.8) is 0 Å². The predicted molar refractivity (Wildman–Crippen MR) is 107 cm³/mol. The number of likely N-dealkylation sites (tertiary alicyclic amines) is 1. The first-order valence-corrected chi connectivity index (χ1v) is 10.0. The highest BCUT2D eigenvalue weighted by atomic mass is 19.4. The predicted octanol–water partition coefficient (Wildman–Crippen LogP) is 4.67. The normalized spacial score (nSPS) is 19.0. The Kier molecular flexibility index (Phi) is 7.20. The van der Waals surface area contributed by atoms with Crippen molar-refractivity contribution in [2.24, 2.45) is 5.92 Å². The van der Waals surface area contributed by atoms with Gasteiger partial charge in [-0.2, -0.15) is 13.2 Å². The molecule has 166 valence electrons. The van der Waals surface area contributed by atoms with E-state index in [4.69, 9.17) is 4.74 Å². The fraction of sp³-hybridized carbons (Fsp3) is 0.391. The topological polar surface area (TPSA) is 55.8 Å². The number of hydrogen-bond acceptors (Lipinski definition) is 4. The number of benzene rings is 2. The Labute approximate surface area is 178 Å². The van der Waals surface area contributed by atoms with Crippen molar-refractivity contribution in [2.75, 3.05) is 13.2 Å². The van der Waals surface area contributed by atoms with Crippen molar-refractivity contribution in [3.05, 3.63) is 65.7 Å². The van der Waals surface area contributed by atoms with Gasteiger partial charge < -0.3 is 14.4 Å². The summed E-state index contributed by atoms with van der Waals surface area (Å²) in [5, 5.41) is 0. The summed E-state index contributed by atoms with van der Waals surface area (Å²) in [5.41, 5.74) is 1.82. The van der Waals surface area contributed by atoms with E-state index in [1.807, 2.05) is 49.4 Å². The van der Waals surface area contributed by atoms with Crippen molar-refractivity contribution in [2.45, 2.75) is 38.6 Å². The molecule has 2 aromatic rings. The first-order valence-electron chi connectivity index (χ1n) is 10.0. The van der Waals surface area contributed by atoms with Gasteiger partial charge in [0.15, 0.2) is 6.61 Å². The van der Waals surface area contributed by atoms with Gasteiger partial charge in [-0.1, -0.05) is 49.4 Å². The zero-order valence-electron chi connectivity index (χ0n) is 17.1. The van der Waals surface area contributed by atoms with E-state index in [1.165, 1.54) is 4.90 Å². The van der Waals surface area contributed by atoms with E-state index in [-0.39, 0.29) is 12.5 Å². The number of rotatable bonds is 5. The molecule has 1 heterocycles. The number of carbonyl (C=O) groups excluding carboxylic acids is 2. The minimum Gasteiger partial charge on any atom is -0.489 e. The lowest BCUT2D eigenvalue weighted by atomic mass is 9.90. The molecule has 0 aliphatic carbocycles. The zero-order chi connectivity index (χ0) is 22.4. The van der Waals surface area contributed by atoms with Gasteiger partial charge in [0.2, 0.25) is 0 Å². The maximum atomic E-state index is 12.5. The Balaban J connectivity index is 1.67. The molecule has 2 aromatic carbocycles. The fourth-order valence-corrected chi connectivity index (χ4v) is 3.58. The minimum absolute atomic E-state index is 0.129. The van der Waals surface area contributed by atoms with Crippen LogP contribution in [0.5, 0.6) is 5.75 Å². The fourth-order valence-electron chi connectivity index (χ4n) is 3.58. The molecule has 5 nitrogen and oxygen atoms in total. The van der Waals surface area contributed by atoms with Gasteiger partial charge in [-0.25, -0.2) is 4.79 Å². The molecule has 31 heavy (non-hydrogen) atoms. The Hall–Kier alpha value is -3.03. The SMILES string of the molecule is CC1CCC(c2ccc(OCc3ccccc3)cc2)N(C(=O)C(=O)OCC(F)(F)F)C1. The minimum atomic E-state index is -4.68. The van der Waals surface area contributed by atoms with E-state index in [1.54, 1.807) is 12.1 Å². The summed E-state index contributed by atoms with van der Waals surface area (Å²) in [4.78, 5) is 25.8. The maximum Gasteiger partial charge on any atom is 0.422 e. The molecule has 0 saturated carbocycles.